The Bertz CT molecular complexity index is 1450. The summed E-state index contributed by atoms with van der Waals surface area (Å²) in [6.07, 6.45) is 7.90. The third-order valence-corrected chi connectivity index (χ3v) is 7.29. The quantitative estimate of drug-likeness (QED) is 0.315. The standard InChI is InChI=1S/C25H24Cl2FN5O3/c1-13(21-19(26)3-4-20(28)22(21)27)36-24-23-17(10-30-25(24)29)18(12-35-23)15-9-31-33(11-15)16-5-7-32(8-6-16)14(2)34/h3-4,9-13,16H,5-8H2,1-2H3,(H2,29,30)/t13-/m1/s1. The van der Waals surface area contributed by atoms with Crippen molar-refractivity contribution in [1.82, 2.24) is 19.7 Å². The summed E-state index contributed by atoms with van der Waals surface area (Å²) >= 11 is 12.4. The van der Waals surface area contributed by atoms with Gasteiger partial charge in [-0.3, -0.25) is 9.48 Å². The van der Waals surface area contributed by atoms with E-state index in [-0.39, 0.29) is 33.6 Å². The second-order valence-corrected chi connectivity index (χ2v) is 9.61. The van der Waals surface area contributed by atoms with Crippen molar-refractivity contribution in [1.29, 1.82) is 0 Å². The molecule has 1 aromatic carbocycles. The van der Waals surface area contributed by atoms with Gasteiger partial charge < -0.3 is 19.8 Å². The van der Waals surface area contributed by atoms with Gasteiger partial charge >= 0.3 is 0 Å². The van der Waals surface area contributed by atoms with E-state index in [4.69, 9.17) is 38.1 Å². The summed E-state index contributed by atoms with van der Waals surface area (Å²) in [5, 5.41) is 5.40. The van der Waals surface area contributed by atoms with Crippen molar-refractivity contribution in [3.8, 4) is 16.9 Å². The maximum atomic E-state index is 14.0. The molecular formula is C25H24Cl2FN5O3. The van der Waals surface area contributed by atoms with Crippen molar-refractivity contribution >= 4 is 45.9 Å². The van der Waals surface area contributed by atoms with Crippen LogP contribution in [-0.4, -0.2) is 38.7 Å². The van der Waals surface area contributed by atoms with Crippen LogP contribution in [0.4, 0.5) is 10.2 Å². The highest BCUT2D eigenvalue weighted by Crippen LogP contribution is 2.41. The lowest BCUT2D eigenvalue weighted by atomic mass is 10.1. The van der Waals surface area contributed by atoms with Crippen molar-refractivity contribution in [2.75, 3.05) is 18.8 Å². The molecular weight excluding hydrogens is 508 g/mol. The number of piperidine rings is 1. The van der Waals surface area contributed by atoms with Crippen LogP contribution in [0, 0.1) is 5.82 Å². The number of pyridine rings is 1. The summed E-state index contributed by atoms with van der Waals surface area (Å²) < 4.78 is 27.9. The Morgan fingerprint density at radius 2 is 2.03 bits per heavy atom. The van der Waals surface area contributed by atoms with Crippen molar-refractivity contribution in [3.63, 3.8) is 0 Å². The first-order chi connectivity index (χ1) is 17.2. The Hall–Kier alpha value is -3.30. The van der Waals surface area contributed by atoms with Gasteiger partial charge in [0.2, 0.25) is 11.7 Å². The summed E-state index contributed by atoms with van der Waals surface area (Å²) in [6.45, 7) is 4.71. The normalized spacial score (nSPS) is 15.4. The van der Waals surface area contributed by atoms with E-state index in [1.807, 2.05) is 15.8 Å². The van der Waals surface area contributed by atoms with Crippen molar-refractivity contribution in [3.05, 3.63) is 58.4 Å². The summed E-state index contributed by atoms with van der Waals surface area (Å²) in [5.41, 5.74) is 8.46. The largest absolute Gasteiger partial charge is 0.478 e. The first-order valence-electron chi connectivity index (χ1n) is 11.5. The average Bonchev–Trinajstić information content (AvgIpc) is 3.51. The van der Waals surface area contributed by atoms with Crippen LogP contribution in [0.5, 0.6) is 5.75 Å². The number of amides is 1. The number of anilines is 1. The van der Waals surface area contributed by atoms with E-state index in [1.165, 1.54) is 12.1 Å². The number of rotatable bonds is 5. The molecule has 8 nitrogen and oxygen atoms in total. The number of ether oxygens (including phenoxy) is 1. The number of fused-ring (bicyclic) bond motifs is 1. The number of carbonyl (C=O) groups is 1. The van der Waals surface area contributed by atoms with Gasteiger partial charge in [0.1, 0.15) is 18.2 Å². The highest BCUT2D eigenvalue weighted by atomic mass is 35.5. The summed E-state index contributed by atoms with van der Waals surface area (Å²) in [4.78, 5) is 17.8. The Labute approximate surface area is 216 Å². The third kappa shape index (κ3) is 4.37. The van der Waals surface area contributed by atoms with Gasteiger partial charge in [-0.1, -0.05) is 23.2 Å². The van der Waals surface area contributed by atoms with Crippen LogP contribution >= 0.6 is 23.2 Å². The zero-order chi connectivity index (χ0) is 25.6. The number of furan rings is 1. The van der Waals surface area contributed by atoms with Crippen LogP contribution in [0.2, 0.25) is 10.0 Å². The molecule has 0 radical (unpaired) electrons. The predicted octanol–water partition coefficient (Wildman–Crippen LogP) is 6.04. The van der Waals surface area contributed by atoms with Crippen molar-refractivity contribution < 1.29 is 18.3 Å². The second-order valence-electron chi connectivity index (χ2n) is 8.83. The first-order valence-corrected chi connectivity index (χ1v) is 12.3. The molecule has 1 aliphatic heterocycles. The number of nitrogen functional groups attached to an aromatic ring is 1. The molecule has 1 aliphatic rings. The highest BCUT2D eigenvalue weighted by Gasteiger charge is 2.25. The van der Waals surface area contributed by atoms with Gasteiger partial charge in [-0.05, 0) is 31.9 Å². The smallest absolute Gasteiger partial charge is 0.219 e. The molecule has 11 heteroatoms. The molecule has 0 aliphatic carbocycles. The van der Waals surface area contributed by atoms with Crippen LogP contribution in [0.15, 0.2) is 41.4 Å². The van der Waals surface area contributed by atoms with Crippen LogP contribution in [0.3, 0.4) is 0 Å². The number of likely N-dealkylation sites (tertiary alicyclic amines) is 1. The van der Waals surface area contributed by atoms with E-state index in [2.05, 4.69) is 10.1 Å². The first kappa shape index (κ1) is 24.4. The maximum absolute atomic E-state index is 14.0. The maximum Gasteiger partial charge on any atom is 0.219 e. The van der Waals surface area contributed by atoms with E-state index >= 15 is 0 Å². The number of carbonyl (C=O) groups excluding carboxylic acids is 1. The molecule has 0 saturated carbocycles. The second kappa shape index (κ2) is 9.63. The lowest BCUT2D eigenvalue weighted by molar-refractivity contribution is -0.130. The molecule has 1 atom stereocenters. The Morgan fingerprint density at radius 1 is 1.28 bits per heavy atom. The van der Waals surface area contributed by atoms with Crippen LogP contribution in [-0.2, 0) is 4.79 Å². The fraction of sp³-hybridized carbons (Fsp3) is 0.320. The average molecular weight is 532 g/mol. The topological polar surface area (TPSA) is 99.4 Å². The van der Waals surface area contributed by atoms with E-state index in [9.17, 15) is 9.18 Å². The molecule has 3 aromatic heterocycles. The molecule has 2 N–H and O–H groups in total. The summed E-state index contributed by atoms with van der Waals surface area (Å²) in [7, 11) is 0. The van der Waals surface area contributed by atoms with Crippen molar-refractivity contribution in [2.45, 2.75) is 38.8 Å². The molecule has 188 valence electrons. The minimum atomic E-state index is -0.729. The molecule has 4 heterocycles. The van der Waals surface area contributed by atoms with Gasteiger partial charge in [0.05, 0.1) is 22.6 Å². The summed E-state index contributed by atoms with van der Waals surface area (Å²) in [5.74, 6) is -0.168. The van der Waals surface area contributed by atoms with Gasteiger partial charge in [0.25, 0.3) is 0 Å². The van der Waals surface area contributed by atoms with Gasteiger partial charge in [-0.25, -0.2) is 9.37 Å². The zero-order valence-electron chi connectivity index (χ0n) is 19.7. The predicted molar refractivity (Wildman–Crippen MR) is 136 cm³/mol. The molecule has 1 amide bonds. The molecule has 36 heavy (non-hydrogen) atoms. The van der Waals surface area contributed by atoms with E-state index in [0.717, 1.165) is 24.0 Å². The van der Waals surface area contributed by atoms with Gasteiger partial charge in [0, 0.05) is 54.1 Å². The highest BCUT2D eigenvalue weighted by molar-refractivity contribution is 6.36. The molecule has 1 fully saturated rings. The number of hydrogen-bond donors (Lipinski definition) is 1. The summed E-state index contributed by atoms with van der Waals surface area (Å²) in [6, 6.07) is 2.83. The lowest BCUT2D eigenvalue weighted by Crippen LogP contribution is -2.37. The number of aromatic nitrogens is 3. The molecule has 0 unspecified atom stereocenters. The van der Waals surface area contributed by atoms with E-state index in [0.29, 0.717) is 29.6 Å². The van der Waals surface area contributed by atoms with Crippen LogP contribution < -0.4 is 10.5 Å². The molecule has 4 aromatic rings. The van der Waals surface area contributed by atoms with E-state index in [1.54, 1.807) is 32.5 Å². The Morgan fingerprint density at radius 3 is 2.75 bits per heavy atom. The number of halogens is 3. The SMILES string of the molecule is CC(=O)N1CCC(n2cc(-c3coc4c(O[C@H](C)c5c(Cl)ccc(F)c5Cl)c(N)ncc34)cn2)CC1. The van der Waals surface area contributed by atoms with Crippen LogP contribution in [0.1, 0.15) is 44.4 Å². The molecule has 1 saturated heterocycles. The number of nitrogens with zero attached hydrogens (tertiary/aromatic N) is 4. The fourth-order valence-electron chi connectivity index (χ4n) is 4.59. The zero-order valence-corrected chi connectivity index (χ0v) is 21.2. The fourth-order valence-corrected chi connectivity index (χ4v) is 5.27. The number of benzene rings is 1. The lowest BCUT2D eigenvalue weighted by Gasteiger charge is -2.31. The third-order valence-electron chi connectivity index (χ3n) is 6.58. The molecule has 0 bridgehead atoms. The Kier molecular flexibility index (Phi) is 6.53. The minimum Gasteiger partial charge on any atom is -0.478 e. The molecule has 0 spiro atoms. The van der Waals surface area contributed by atoms with Crippen LogP contribution in [0.25, 0.3) is 22.1 Å². The minimum absolute atomic E-state index is 0.0977. The van der Waals surface area contributed by atoms with Gasteiger partial charge in [-0.2, -0.15) is 5.10 Å². The number of nitrogens with two attached hydrogens (primary N) is 1. The van der Waals surface area contributed by atoms with Crippen molar-refractivity contribution in [2.24, 2.45) is 0 Å². The van der Waals surface area contributed by atoms with E-state index < -0.39 is 11.9 Å². The van der Waals surface area contributed by atoms with Gasteiger partial charge in [0.15, 0.2) is 11.4 Å². The monoisotopic (exact) mass is 531 g/mol. The number of hydrogen-bond acceptors (Lipinski definition) is 6. The van der Waals surface area contributed by atoms with Gasteiger partial charge in [-0.15, -0.1) is 0 Å². The Balaban J connectivity index is 1.43. The molecule has 5 rings (SSSR count).